The highest BCUT2D eigenvalue weighted by Crippen LogP contribution is 2.37. The normalized spacial score (nSPS) is 14.6. The molecule has 1 heterocycles. The Morgan fingerprint density at radius 3 is 2.70 bits per heavy atom. The third kappa shape index (κ3) is 2.04. The number of hydrogen-bond donors (Lipinski definition) is 1. The van der Waals surface area contributed by atoms with Gasteiger partial charge in [0.1, 0.15) is 5.82 Å². The molecule has 2 aromatic rings. The molecule has 0 radical (unpaired) electrons. The van der Waals surface area contributed by atoms with Gasteiger partial charge >= 0.3 is 6.18 Å². The molecule has 0 aliphatic heterocycles. The molecule has 0 bridgehead atoms. The summed E-state index contributed by atoms with van der Waals surface area (Å²) >= 11 is 5.68. The summed E-state index contributed by atoms with van der Waals surface area (Å²) in [4.78, 5) is 0. The zero-order chi connectivity index (χ0) is 14.5. The molecule has 0 amide bonds. The summed E-state index contributed by atoms with van der Waals surface area (Å²) < 4.78 is 40.7. The lowest BCUT2D eigenvalue weighted by Crippen LogP contribution is -2.13. The van der Waals surface area contributed by atoms with Gasteiger partial charge < -0.3 is 5.73 Å². The highest BCUT2D eigenvalue weighted by atomic mass is 35.5. The Hall–Kier alpha value is -1.69. The van der Waals surface area contributed by atoms with Crippen molar-refractivity contribution in [2.24, 2.45) is 0 Å². The van der Waals surface area contributed by atoms with Crippen LogP contribution in [0.4, 0.5) is 19.0 Å². The van der Waals surface area contributed by atoms with E-state index >= 15 is 0 Å². The Bertz CT molecular complexity index is 676. The molecule has 1 aromatic carbocycles. The van der Waals surface area contributed by atoms with E-state index in [9.17, 15) is 13.2 Å². The Morgan fingerprint density at radius 2 is 2.00 bits per heavy atom. The Labute approximate surface area is 118 Å². The van der Waals surface area contributed by atoms with Gasteiger partial charge in [-0.3, -0.25) is 0 Å². The summed E-state index contributed by atoms with van der Waals surface area (Å²) in [5, 5.41) is 4.10. The number of halogens is 4. The van der Waals surface area contributed by atoms with Crippen LogP contribution in [0.5, 0.6) is 0 Å². The fraction of sp³-hybridized carbons (Fsp3) is 0.308. The van der Waals surface area contributed by atoms with E-state index in [2.05, 4.69) is 5.10 Å². The maximum atomic E-state index is 13.1. The lowest BCUT2D eigenvalue weighted by atomic mass is 10.1. The van der Waals surface area contributed by atoms with Gasteiger partial charge in [-0.2, -0.15) is 18.3 Å². The second-order valence-electron chi connectivity index (χ2n) is 4.74. The van der Waals surface area contributed by atoms with E-state index in [1.54, 1.807) is 0 Å². The van der Waals surface area contributed by atoms with Crippen molar-refractivity contribution in [1.82, 2.24) is 9.78 Å². The van der Waals surface area contributed by atoms with Crippen LogP contribution in [0.3, 0.4) is 0 Å². The fourth-order valence-corrected chi connectivity index (χ4v) is 2.76. The van der Waals surface area contributed by atoms with Gasteiger partial charge in [-0.05, 0) is 37.5 Å². The van der Waals surface area contributed by atoms with Crippen molar-refractivity contribution in [3.8, 4) is 5.69 Å². The first-order valence-electron chi connectivity index (χ1n) is 6.11. The molecular weight excluding hydrogens is 291 g/mol. The minimum Gasteiger partial charge on any atom is -0.382 e. The minimum atomic E-state index is -4.49. The summed E-state index contributed by atoms with van der Waals surface area (Å²) in [5.41, 5.74) is 6.56. The SMILES string of the molecule is Nc1nn(-c2ccc(Cl)cc2C(F)(F)F)c2c1CCC2. The number of nitrogens with zero attached hydrogens (tertiary/aromatic N) is 2. The Kier molecular flexibility index (Phi) is 2.93. The largest absolute Gasteiger partial charge is 0.418 e. The number of rotatable bonds is 1. The predicted molar refractivity (Wildman–Crippen MR) is 70.0 cm³/mol. The van der Waals surface area contributed by atoms with Gasteiger partial charge in [0.15, 0.2) is 0 Å². The molecule has 3 rings (SSSR count). The van der Waals surface area contributed by atoms with Gasteiger partial charge in [-0.25, -0.2) is 4.68 Å². The van der Waals surface area contributed by atoms with Crippen molar-refractivity contribution in [3.05, 3.63) is 40.0 Å². The second-order valence-corrected chi connectivity index (χ2v) is 5.17. The number of fused-ring (bicyclic) bond motifs is 1. The molecule has 20 heavy (non-hydrogen) atoms. The molecule has 0 spiro atoms. The molecular formula is C13H11ClF3N3. The zero-order valence-corrected chi connectivity index (χ0v) is 11.1. The molecule has 1 aliphatic carbocycles. The first kappa shape index (κ1) is 13.3. The van der Waals surface area contributed by atoms with E-state index in [1.807, 2.05) is 0 Å². The number of nitrogen functional groups attached to an aromatic ring is 1. The minimum absolute atomic E-state index is 0.0308. The summed E-state index contributed by atoms with van der Waals surface area (Å²) in [6, 6.07) is 3.66. The highest BCUT2D eigenvalue weighted by Gasteiger charge is 2.35. The number of anilines is 1. The van der Waals surface area contributed by atoms with Crippen LogP contribution in [0.1, 0.15) is 23.2 Å². The molecule has 0 saturated heterocycles. The predicted octanol–water partition coefficient (Wildman–Crippen LogP) is 3.62. The molecule has 0 unspecified atom stereocenters. The summed E-state index contributed by atoms with van der Waals surface area (Å²) in [5.74, 6) is 0.306. The number of aromatic nitrogens is 2. The van der Waals surface area contributed by atoms with Crippen molar-refractivity contribution in [3.63, 3.8) is 0 Å². The van der Waals surface area contributed by atoms with Crippen LogP contribution in [0.15, 0.2) is 18.2 Å². The van der Waals surface area contributed by atoms with Crippen LogP contribution >= 0.6 is 11.6 Å². The number of hydrogen-bond acceptors (Lipinski definition) is 2. The lowest BCUT2D eigenvalue weighted by Gasteiger charge is -2.14. The van der Waals surface area contributed by atoms with Crippen LogP contribution in [0, 0.1) is 0 Å². The van der Waals surface area contributed by atoms with Gasteiger partial charge in [-0.15, -0.1) is 0 Å². The number of nitrogens with two attached hydrogens (primary N) is 1. The molecule has 106 valence electrons. The molecule has 0 saturated carbocycles. The van der Waals surface area contributed by atoms with Crippen molar-refractivity contribution in [1.29, 1.82) is 0 Å². The van der Waals surface area contributed by atoms with Crippen molar-refractivity contribution >= 4 is 17.4 Å². The van der Waals surface area contributed by atoms with Crippen molar-refractivity contribution in [2.45, 2.75) is 25.4 Å². The van der Waals surface area contributed by atoms with Crippen LogP contribution in [0.25, 0.3) is 5.69 Å². The van der Waals surface area contributed by atoms with Crippen LogP contribution in [-0.2, 0) is 19.0 Å². The maximum Gasteiger partial charge on any atom is 0.418 e. The Balaban J connectivity index is 2.23. The number of alkyl halides is 3. The van der Waals surface area contributed by atoms with Gasteiger partial charge in [0, 0.05) is 16.3 Å². The molecule has 7 heteroatoms. The average molecular weight is 302 g/mol. The molecule has 3 nitrogen and oxygen atoms in total. The third-order valence-corrected chi connectivity index (χ3v) is 3.69. The van der Waals surface area contributed by atoms with E-state index in [0.29, 0.717) is 12.2 Å². The molecule has 1 aliphatic rings. The van der Waals surface area contributed by atoms with Crippen LogP contribution in [0.2, 0.25) is 5.02 Å². The second kappa shape index (κ2) is 4.41. The molecule has 0 fully saturated rings. The maximum absolute atomic E-state index is 13.1. The van der Waals surface area contributed by atoms with Crippen molar-refractivity contribution in [2.75, 3.05) is 5.73 Å². The molecule has 2 N–H and O–H groups in total. The first-order valence-corrected chi connectivity index (χ1v) is 6.49. The molecule has 1 aromatic heterocycles. The van der Waals surface area contributed by atoms with Gasteiger partial charge in [0.05, 0.1) is 11.3 Å². The van der Waals surface area contributed by atoms with Gasteiger partial charge in [-0.1, -0.05) is 11.6 Å². The van der Waals surface area contributed by atoms with E-state index in [4.69, 9.17) is 17.3 Å². The summed E-state index contributed by atoms with van der Waals surface area (Å²) in [6.07, 6.45) is -2.17. The summed E-state index contributed by atoms with van der Waals surface area (Å²) in [6.45, 7) is 0. The van der Waals surface area contributed by atoms with E-state index < -0.39 is 11.7 Å². The standard InChI is InChI=1S/C13H11ClF3N3/c14-7-4-5-11(9(6-7)13(15,16)17)20-10-3-1-2-8(10)12(18)19-20/h4-6H,1-3H2,(H2,18,19). The third-order valence-electron chi connectivity index (χ3n) is 3.45. The van der Waals surface area contributed by atoms with Gasteiger partial charge in [0.2, 0.25) is 0 Å². The smallest absolute Gasteiger partial charge is 0.382 e. The quantitative estimate of drug-likeness (QED) is 0.874. The molecule has 0 atom stereocenters. The van der Waals surface area contributed by atoms with E-state index in [1.165, 1.54) is 16.8 Å². The number of benzene rings is 1. The summed E-state index contributed by atoms with van der Waals surface area (Å²) in [7, 11) is 0. The topological polar surface area (TPSA) is 43.8 Å². The van der Waals surface area contributed by atoms with Gasteiger partial charge in [0.25, 0.3) is 0 Å². The van der Waals surface area contributed by atoms with E-state index in [-0.39, 0.29) is 10.7 Å². The monoisotopic (exact) mass is 301 g/mol. The average Bonchev–Trinajstić information content (AvgIpc) is 2.93. The van der Waals surface area contributed by atoms with Crippen LogP contribution < -0.4 is 5.73 Å². The fourth-order valence-electron chi connectivity index (χ4n) is 2.59. The highest BCUT2D eigenvalue weighted by molar-refractivity contribution is 6.30. The first-order chi connectivity index (χ1) is 9.38. The van der Waals surface area contributed by atoms with Crippen LogP contribution in [-0.4, -0.2) is 9.78 Å². The Morgan fingerprint density at radius 1 is 1.25 bits per heavy atom. The van der Waals surface area contributed by atoms with E-state index in [0.717, 1.165) is 30.2 Å². The lowest BCUT2D eigenvalue weighted by molar-refractivity contribution is -0.137. The zero-order valence-electron chi connectivity index (χ0n) is 10.3. The van der Waals surface area contributed by atoms with Crippen molar-refractivity contribution < 1.29 is 13.2 Å².